The monoisotopic (exact) mass is 642 g/mol. The second-order valence-corrected chi connectivity index (χ2v) is 17.3. The van der Waals surface area contributed by atoms with Crippen LogP contribution in [0.4, 0.5) is 0 Å². The maximum atomic E-state index is 13.5. The van der Waals surface area contributed by atoms with Crippen LogP contribution in [0.25, 0.3) is 0 Å². The Labute approximate surface area is 235 Å². The second kappa shape index (κ2) is 23.5. The predicted octanol–water partition coefficient (Wildman–Crippen LogP) is 5.68. The first kappa shape index (κ1) is 35.4. The van der Waals surface area contributed by atoms with Gasteiger partial charge in [0, 0.05) is 0 Å². The van der Waals surface area contributed by atoms with Crippen LogP contribution in [0.1, 0.15) is 98.3 Å². The van der Waals surface area contributed by atoms with Crippen molar-refractivity contribution >= 4 is 58.3 Å². The predicted molar refractivity (Wildman–Crippen MR) is 151 cm³/mol. The summed E-state index contributed by atoms with van der Waals surface area (Å²) in [7, 11) is 0. The van der Waals surface area contributed by atoms with Crippen LogP contribution in [0.2, 0.25) is 0 Å². The number of ether oxygens (including phenoxy) is 4. The first-order valence-corrected chi connectivity index (χ1v) is 17.8. The van der Waals surface area contributed by atoms with Gasteiger partial charge in [0.1, 0.15) is 0 Å². The Morgan fingerprint density at radius 3 is 1.71 bits per heavy atom. The van der Waals surface area contributed by atoms with Gasteiger partial charge in [0.15, 0.2) is 0 Å². The van der Waals surface area contributed by atoms with E-state index in [1.807, 2.05) is 13.8 Å². The van der Waals surface area contributed by atoms with Crippen molar-refractivity contribution in [2.24, 2.45) is 5.41 Å². The van der Waals surface area contributed by atoms with Crippen molar-refractivity contribution in [2.45, 2.75) is 105 Å². The quantitative estimate of drug-likeness (QED) is 0.0612. The van der Waals surface area contributed by atoms with E-state index >= 15 is 0 Å². The van der Waals surface area contributed by atoms with Crippen molar-refractivity contribution in [3.8, 4) is 0 Å². The van der Waals surface area contributed by atoms with E-state index in [-0.39, 0.29) is 24.9 Å². The minimum atomic E-state index is -1.32. The number of carbonyl (C=O) groups is 2. The number of unbranched alkanes of at least 4 members (excludes halogenated alkanes) is 4. The molecular formula is C26H50O6S2Sn. The van der Waals surface area contributed by atoms with Crippen LogP contribution in [-0.2, 0) is 28.5 Å². The zero-order valence-electron chi connectivity index (χ0n) is 22.5. The molecule has 0 aliphatic carbocycles. The molecule has 0 amide bonds. The number of rotatable bonds is 24. The molecule has 0 aromatic rings. The van der Waals surface area contributed by atoms with Crippen LogP contribution in [0.15, 0.2) is 0 Å². The van der Waals surface area contributed by atoms with E-state index in [1.165, 1.54) is 0 Å². The van der Waals surface area contributed by atoms with E-state index in [1.54, 1.807) is 0 Å². The van der Waals surface area contributed by atoms with Crippen LogP contribution < -0.4 is 0 Å². The van der Waals surface area contributed by atoms with E-state index < -0.39 is 26.6 Å². The number of esters is 2. The minimum absolute atomic E-state index is 0.0568. The van der Waals surface area contributed by atoms with Gasteiger partial charge >= 0.3 is 237 Å². The molecule has 0 aliphatic rings. The van der Waals surface area contributed by atoms with Gasteiger partial charge < -0.3 is 0 Å². The van der Waals surface area contributed by atoms with Gasteiger partial charge in [-0.05, 0) is 0 Å². The van der Waals surface area contributed by atoms with Crippen LogP contribution in [0.3, 0.4) is 0 Å². The van der Waals surface area contributed by atoms with Gasteiger partial charge in [0.25, 0.3) is 0 Å². The third kappa shape index (κ3) is 16.7. The van der Waals surface area contributed by atoms with Crippen LogP contribution >= 0.6 is 25.3 Å². The molecule has 206 valence electrons. The number of thiol groups is 2. The summed E-state index contributed by atoms with van der Waals surface area (Å²) in [5.74, 6) is -0.332. The molecule has 35 heavy (non-hydrogen) atoms. The fraction of sp³-hybridized carbons (Fsp3) is 0.923. The van der Waals surface area contributed by atoms with Crippen molar-refractivity contribution in [3.05, 3.63) is 0 Å². The second-order valence-electron chi connectivity index (χ2n) is 8.82. The van der Waals surface area contributed by atoms with Crippen molar-refractivity contribution in [2.75, 3.05) is 39.6 Å². The molecule has 0 saturated carbocycles. The van der Waals surface area contributed by atoms with Crippen molar-refractivity contribution in [1.82, 2.24) is 0 Å². The molecular weight excluding hydrogens is 591 g/mol. The van der Waals surface area contributed by atoms with Gasteiger partial charge in [-0.15, -0.1) is 0 Å². The van der Waals surface area contributed by atoms with E-state index in [2.05, 4.69) is 13.8 Å². The third-order valence-corrected chi connectivity index (χ3v) is 12.7. The zero-order valence-corrected chi connectivity index (χ0v) is 27.2. The van der Waals surface area contributed by atoms with Crippen LogP contribution in [0, 0.1) is 5.41 Å². The molecule has 0 spiro atoms. The molecule has 0 aromatic heterocycles. The van der Waals surface area contributed by atoms with E-state index in [4.69, 9.17) is 44.2 Å². The molecule has 6 nitrogen and oxygen atoms in total. The molecule has 0 aliphatic heterocycles. The zero-order chi connectivity index (χ0) is 26.4. The summed E-state index contributed by atoms with van der Waals surface area (Å²) >= 11 is 8.43. The summed E-state index contributed by atoms with van der Waals surface area (Å²) in [5.41, 5.74) is -0.592. The third-order valence-electron chi connectivity index (χ3n) is 5.86. The molecule has 0 fully saturated rings. The standard InChI is InChI=1S/C17H33O3S.C9H17O3S.Sn/c1-4-7-11-17(15-21,12-8-5-2)16(18)20-14-10-9-13-19-6-3;1-2-11-6-3-4-7-12-9(10)5-8-13;/h15,21H,4-14H2,1-3H3;8,13H,2-7H2,1H3;. The number of hydrogen-bond acceptors (Lipinski definition) is 8. The average molecular weight is 642 g/mol. The van der Waals surface area contributed by atoms with E-state index in [9.17, 15) is 9.59 Å². The normalized spacial score (nSPS) is 13.4. The fourth-order valence-electron chi connectivity index (χ4n) is 3.71. The number of carbonyl (C=O) groups excluding carboxylic acids is 2. The van der Waals surface area contributed by atoms with Crippen LogP contribution in [0.5, 0.6) is 0 Å². The molecule has 2 atom stereocenters. The van der Waals surface area contributed by atoms with Gasteiger partial charge in [0.05, 0.1) is 0 Å². The molecule has 0 bridgehead atoms. The summed E-state index contributed by atoms with van der Waals surface area (Å²) in [6.07, 6.45) is 9.14. The van der Waals surface area contributed by atoms with Gasteiger partial charge in [0.2, 0.25) is 0 Å². The Balaban J connectivity index is 4.96. The molecule has 0 heterocycles. The van der Waals surface area contributed by atoms with Crippen LogP contribution in [-0.4, -0.2) is 79.3 Å². The molecule has 9 heteroatoms. The van der Waals surface area contributed by atoms with Gasteiger partial charge in [-0.1, -0.05) is 0 Å². The molecule has 2 radical (unpaired) electrons. The maximum absolute atomic E-state index is 13.5. The topological polar surface area (TPSA) is 71.1 Å². The Bertz CT molecular complexity index is 530. The van der Waals surface area contributed by atoms with Crippen molar-refractivity contribution in [3.63, 3.8) is 0 Å². The van der Waals surface area contributed by atoms with E-state index in [0.29, 0.717) is 39.6 Å². The summed E-state index contributed by atoms with van der Waals surface area (Å²) < 4.78 is 21.8. The number of hydrogen-bond donors (Lipinski definition) is 2. The summed E-state index contributed by atoms with van der Waals surface area (Å²) in [5, 5.41) is 0. The SMILES string of the molecule is CCCCC(CCCC)(C(=O)OCCCCOCC)[CH](S)[Sn][CH](S)CC(=O)OCCCCOCC. The van der Waals surface area contributed by atoms with Crippen molar-refractivity contribution in [1.29, 1.82) is 0 Å². The average Bonchev–Trinajstić information content (AvgIpc) is 2.83. The fourth-order valence-corrected chi connectivity index (χ4v) is 11.1. The molecule has 2 unspecified atom stereocenters. The summed E-state index contributed by atoms with van der Waals surface area (Å²) in [4.78, 5) is 25.8. The van der Waals surface area contributed by atoms with Gasteiger partial charge in [-0.3, -0.25) is 0 Å². The van der Waals surface area contributed by atoms with E-state index in [0.717, 1.165) is 64.2 Å². The molecule has 0 aromatic carbocycles. The van der Waals surface area contributed by atoms with Gasteiger partial charge in [-0.2, -0.15) is 0 Å². The molecule has 0 saturated heterocycles. The first-order chi connectivity index (χ1) is 16.9. The Morgan fingerprint density at radius 2 is 1.23 bits per heavy atom. The Morgan fingerprint density at radius 1 is 0.743 bits per heavy atom. The Hall–Kier alpha value is 0.359. The molecule has 0 rings (SSSR count). The first-order valence-electron chi connectivity index (χ1n) is 13.5. The Kier molecular flexibility index (Phi) is 23.7. The van der Waals surface area contributed by atoms with Gasteiger partial charge in [-0.25, -0.2) is 0 Å². The molecule has 0 N–H and O–H groups in total. The van der Waals surface area contributed by atoms with Crippen molar-refractivity contribution < 1.29 is 28.5 Å². The summed E-state index contributed by atoms with van der Waals surface area (Å²) in [6, 6.07) is 0. The summed E-state index contributed by atoms with van der Waals surface area (Å²) in [6.45, 7) is 11.9.